The first kappa shape index (κ1) is 24.2. The van der Waals surface area contributed by atoms with E-state index in [1.54, 1.807) is 0 Å². The van der Waals surface area contributed by atoms with E-state index < -0.39 is 0 Å². The average Bonchev–Trinajstić information content (AvgIpc) is 3.10. The zero-order valence-electron chi connectivity index (χ0n) is 19.0. The monoisotopic (exact) mass is 384 g/mol. The summed E-state index contributed by atoms with van der Waals surface area (Å²) in [4.78, 5) is 0. The van der Waals surface area contributed by atoms with Crippen LogP contribution in [0.3, 0.4) is 0 Å². The number of hydrogen-bond donors (Lipinski definition) is 0. The summed E-state index contributed by atoms with van der Waals surface area (Å²) in [7, 11) is 0. The third-order valence-corrected chi connectivity index (χ3v) is 4.99. The van der Waals surface area contributed by atoms with Crippen LogP contribution in [0.15, 0.2) is 109 Å². The van der Waals surface area contributed by atoms with E-state index in [0.717, 1.165) is 5.57 Å². The third-order valence-electron chi connectivity index (χ3n) is 4.99. The van der Waals surface area contributed by atoms with Gasteiger partial charge in [-0.1, -0.05) is 126 Å². The molecular formula is C29H36. The number of rotatable bonds is 5. The number of allylic oxidation sites excluding steroid dienone is 8. The normalized spacial score (nSPS) is 14.0. The second-order valence-corrected chi connectivity index (χ2v) is 6.15. The van der Waals surface area contributed by atoms with Crippen molar-refractivity contribution in [3.8, 4) is 11.1 Å². The molecule has 0 spiro atoms. The molecule has 0 heteroatoms. The maximum atomic E-state index is 4.12. The summed E-state index contributed by atoms with van der Waals surface area (Å²) in [5.41, 5.74) is 7.22. The number of hydrogen-bond acceptors (Lipinski definition) is 0. The summed E-state index contributed by atoms with van der Waals surface area (Å²) >= 11 is 0. The lowest BCUT2D eigenvalue weighted by atomic mass is 9.66. The summed E-state index contributed by atoms with van der Waals surface area (Å²) < 4.78 is 0. The van der Waals surface area contributed by atoms with Gasteiger partial charge in [0.1, 0.15) is 0 Å². The first-order valence-corrected chi connectivity index (χ1v) is 10.7. The van der Waals surface area contributed by atoms with Gasteiger partial charge in [-0.15, -0.1) is 0 Å². The molecule has 2 aromatic rings. The predicted octanol–water partition coefficient (Wildman–Crippen LogP) is 8.83. The van der Waals surface area contributed by atoms with Crippen LogP contribution in [0.25, 0.3) is 11.1 Å². The first-order chi connectivity index (χ1) is 14.2. The molecule has 0 N–H and O–H groups in total. The molecule has 0 atom stereocenters. The third kappa shape index (κ3) is 4.12. The van der Waals surface area contributed by atoms with Crippen molar-refractivity contribution in [2.75, 3.05) is 0 Å². The Morgan fingerprint density at radius 3 is 1.62 bits per heavy atom. The fraction of sp³-hybridized carbons (Fsp3) is 0.241. The zero-order valence-corrected chi connectivity index (χ0v) is 19.0. The average molecular weight is 385 g/mol. The van der Waals surface area contributed by atoms with Gasteiger partial charge in [0.25, 0.3) is 0 Å². The van der Waals surface area contributed by atoms with Gasteiger partial charge in [-0.3, -0.25) is 0 Å². The maximum absolute atomic E-state index is 4.12. The van der Waals surface area contributed by atoms with E-state index in [1.165, 1.54) is 27.8 Å². The Balaban J connectivity index is 0.000000989. The molecule has 0 aliphatic heterocycles. The molecule has 1 aliphatic carbocycles. The Bertz CT molecular complexity index is 858. The quantitative estimate of drug-likeness (QED) is 0.452. The van der Waals surface area contributed by atoms with Crippen LogP contribution in [0.4, 0.5) is 0 Å². The van der Waals surface area contributed by atoms with Gasteiger partial charge in [-0.2, -0.15) is 0 Å². The van der Waals surface area contributed by atoms with Crippen molar-refractivity contribution >= 4 is 0 Å². The van der Waals surface area contributed by atoms with E-state index in [4.69, 9.17) is 0 Å². The van der Waals surface area contributed by atoms with Crippen LogP contribution in [0.2, 0.25) is 0 Å². The lowest BCUT2D eigenvalue weighted by Gasteiger charge is -2.35. The van der Waals surface area contributed by atoms with Gasteiger partial charge < -0.3 is 0 Å². The molecule has 0 saturated carbocycles. The van der Waals surface area contributed by atoms with Crippen LogP contribution in [0, 0.1) is 0 Å². The molecule has 0 nitrogen and oxygen atoms in total. The molecule has 0 unspecified atom stereocenters. The molecule has 0 fully saturated rings. The van der Waals surface area contributed by atoms with Gasteiger partial charge in [-0.05, 0) is 47.2 Å². The van der Waals surface area contributed by atoms with Crippen LogP contribution >= 0.6 is 0 Å². The van der Waals surface area contributed by atoms with Crippen molar-refractivity contribution in [2.45, 2.75) is 47.0 Å². The van der Waals surface area contributed by atoms with Crippen molar-refractivity contribution in [3.63, 3.8) is 0 Å². The first-order valence-electron chi connectivity index (χ1n) is 10.7. The highest BCUT2D eigenvalue weighted by Gasteiger charge is 2.46. The molecule has 29 heavy (non-hydrogen) atoms. The lowest BCUT2D eigenvalue weighted by molar-refractivity contribution is 0.764. The Morgan fingerprint density at radius 2 is 1.24 bits per heavy atom. The van der Waals surface area contributed by atoms with Crippen LogP contribution in [-0.4, -0.2) is 0 Å². The summed E-state index contributed by atoms with van der Waals surface area (Å²) in [6.07, 6.45) is 12.4. The van der Waals surface area contributed by atoms with Crippen molar-refractivity contribution in [1.29, 1.82) is 0 Å². The van der Waals surface area contributed by atoms with Gasteiger partial charge in [0.2, 0.25) is 0 Å². The lowest BCUT2D eigenvalue weighted by Crippen LogP contribution is -2.29. The molecule has 2 aromatic carbocycles. The number of fused-ring (bicyclic) bond motifs is 3. The van der Waals surface area contributed by atoms with Crippen LogP contribution in [0.1, 0.15) is 52.7 Å². The fourth-order valence-corrected chi connectivity index (χ4v) is 4.11. The standard InChI is InChI=1S/C25H24.2C2H6/c1-5-13-19(7-3)25(20(8-4)14-6-2)23-17-11-9-15-21(23)22-16-10-12-18-24(22)25;2*1-2/h5-18H,1,3H2,2,4H3;2*1-2H3/b14-6-,19-13+,20-8+;;. The van der Waals surface area contributed by atoms with Crippen LogP contribution < -0.4 is 0 Å². The molecule has 0 heterocycles. The summed E-state index contributed by atoms with van der Waals surface area (Å²) in [5, 5.41) is 0. The van der Waals surface area contributed by atoms with Crippen molar-refractivity contribution < 1.29 is 0 Å². The van der Waals surface area contributed by atoms with E-state index in [0.29, 0.717) is 0 Å². The second-order valence-electron chi connectivity index (χ2n) is 6.15. The van der Waals surface area contributed by atoms with Crippen LogP contribution in [-0.2, 0) is 5.41 Å². The predicted molar refractivity (Wildman–Crippen MR) is 132 cm³/mol. The molecule has 0 radical (unpaired) electrons. The van der Waals surface area contributed by atoms with E-state index in [2.05, 4.69) is 99.8 Å². The summed E-state index contributed by atoms with van der Waals surface area (Å²) in [5.74, 6) is 0. The van der Waals surface area contributed by atoms with Gasteiger partial charge in [0, 0.05) is 0 Å². The highest BCUT2D eigenvalue weighted by Crippen LogP contribution is 2.56. The highest BCUT2D eigenvalue weighted by molar-refractivity contribution is 5.87. The Hall–Kier alpha value is -2.86. The fourth-order valence-electron chi connectivity index (χ4n) is 4.11. The second kappa shape index (κ2) is 11.9. The van der Waals surface area contributed by atoms with Crippen molar-refractivity contribution in [3.05, 3.63) is 120 Å². The van der Waals surface area contributed by atoms with Crippen molar-refractivity contribution in [1.82, 2.24) is 0 Å². The summed E-state index contributed by atoms with van der Waals surface area (Å²) in [6.45, 7) is 20.2. The Kier molecular flexibility index (Phi) is 9.89. The molecule has 0 bridgehead atoms. The molecule has 0 saturated heterocycles. The van der Waals surface area contributed by atoms with Gasteiger partial charge in [0.15, 0.2) is 0 Å². The molecule has 152 valence electrons. The number of benzene rings is 2. The topological polar surface area (TPSA) is 0 Å². The maximum Gasteiger partial charge on any atom is 0.0710 e. The van der Waals surface area contributed by atoms with E-state index in [9.17, 15) is 0 Å². The molecule has 0 amide bonds. The van der Waals surface area contributed by atoms with Crippen molar-refractivity contribution in [2.24, 2.45) is 0 Å². The minimum Gasteiger partial charge on any atom is -0.0991 e. The molecule has 0 aromatic heterocycles. The SMILES string of the molecule is C=C/C=C(\C=C)C1(C(/C=C\C)=C/C)c2ccccc2-c2ccccc21.CC.CC. The zero-order chi connectivity index (χ0) is 21.9. The van der Waals surface area contributed by atoms with Gasteiger partial charge in [-0.25, -0.2) is 0 Å². The van der Waals surface area contributed by atoms with Gasteiger partial charge >= 0.3 is 0 Å². The van der Waals surface area contributed by atoms with Crippen LogP contribution in [0.5, 0.6) is 0 Å². The Labute approximate surface area is 178 Å². The smallest absolute Gasteiger partial charge is 0.0710 e. The van der Waals surface area contributed by atoms with Gasteiger partial charge in [0.05, 0.1) is 5.41 Å². The largest absolute Gasteiger partial charge is 0.0991 e. The van der Waals surface area contributed by atoms with E-state index in [-0.39, 0.29) is 5.41 Å². The molecule has 1 aliphatic rings. The highest BCUT2D eigenvalue weighted by atomic mass is 14.5. The molecular weight excluding hydrogens is 348 g/mol. The van der Waals surface area contributed by atoms with E-state index >= 15 is 0 Å². The summed E-state index contributed by atoms with van der Waals surface area (Å²) in [6, 6.07) is 17.4. The minimum absolute atomic E-state index is 0.357. The van der Waals surface area contributed by atoms with E-state index in [1.807, 2.05) is 39.8 Å². The molecule has 3 rings (SSSR count). The Morgan fingerprint density at radius 1 is 0.759 bits per heavy atom. The minimum atomic E-state index is -0.357.